The van der Waals surface area contributed by atoms with Gasteiger partial charge in [0.25, 0.3) is 5.56 Å². The summed E-state index contributed by atoms with van der Waals surface area (Å²) in [7, 11) is 3.11. The van der Waals surface area contributed by atoms with Gasteiger partial charge in [-0.1, -0.05) is 36.8 Å². The van der Waals surface area contributed by atoms with Crippen molar-refractivity contribution in [2.75, 3.05) is 20.8 Å². The minimum Gasteiger partial charge on any atom is -0.493 e. The molecule has 3 rings (SSSR count). The summed E-state index contributed by atoms with van der Waals surface area (Å²) in [6.07, 6.45) is 0. The van der Waals surface area contributed by atoms with Crippen molar-refractivity contribution < 1.29 is 9.47 Å². The second kappa shape index (κ2) is 8.22. The Hall–Kier alpha value is -2.86. The molecule has 0 amide bonds. The van der Waals surface area contributed by atoms with Crippen molar-refractivity contribution in [3.8, 4) is 11.5 Å². The third-order valence-electron chi connectivity index (χ3n) is 4.57. The summed E-state index contributed by atoms with van der Waals surface area (Å²) in [6, 6.07) is 11.8. The molecule has 142 valence electrons. The van der Waals surface area contributed by atoms with Crippen LogP contribution >= 0.6 is 0 Å². The maximum Gasteiger partial charge on any atom is 0.258 e. The number of aromatic nitrogens is 2. The summed E-state index contributed by atoms with van der Waals surface area (Å²) < 4.78 is 10.6. The molecule has 0 spiro atoms. The molecular weight excluding hydrogens is 342 g/mol. The summed E-state index contributed by atoms with van der Waals surface area (Å²) in [4.78, 5) is 22.3. The van der Waals surface area contributed by atoms with Gasteiger partial charge in [0.15, 0.2) is 11.5 Å². The van der Waals surface area contributed by atoms with Crippen molar-refractivity contribution in [3.63, 3.8) is 0 Å². The molecule has 1 N–H and O–H groups in total. The van der Waals surface area contributed by atoms with Gasteiger partial charge < -0.3 is 14.5 Å². The summed E-state index contributed by atoms with van der Waals surface area (Å²) in [6.45, 7) is 6.39. The lowest BCUT2D eigenvalue weighted by Crippen LogP contribution is -2.25. The fourth-order valence-electron chi connectivity index (χ4n) is 3.15. The van der Waals surface area contributed by atoms with Crippen LogP contribution in [0.15, 0.2) is 41.2 Å². The first-order chi connectivity index (χ1) is 13.0. The number of H-pyrrole nitrogens is 1. The Labute approximate surface area is 158 Å². The van der Waals surface area contributed by atoms with E-state index in [9.17, 15) is 4.79 Å². The smallest absolute Gasteiger partial charge is 0.258 e. The highest BCUT2D eigenvalue weighted by molar-refractivity contribution is 5.81. The zero-order valence-corrected chi connectivity index (χ0v) is 16.2. The number of methoxy groups -OCH3 is 2. The fourth-order valence-corrected chi connectivity index (χ4v) is 3.15. The molecule has 27 heavy (non-hydrogen) atoms. The Balaban J connectivity index is 1.90. The van der Waals surface area contributed by atoms with Gasteiger partial charge in [0.1, 0.15) is 5.82 Å². The number of fused-ring (bicyclic) bond motifs is 1. The van der Waals surface area contributed by atoms with E-state index in [0.717, 1.165) is 13.1 Å². The van der Waals surface area contributed by atoms with E-state index in [4.69, 9.17) is 9.47 Å². The van der Waals surface area contributed by atoms with Crippen LogP contribution in [0.4, 0.5) is 0 Å². The molecule has 0 aliphatic heterocycles. The highest BCUT2D eigenvalue weighted by Gasteiger charge is 2.13. The highest BCUT2D eigenvalue weighted by Crippen LogP contribution is 2.29. The van der Waals surface area contributed by atoms with Crippen LogP contribution in [0, 0.1) is 6.92 Å². The largest absolute Gasteiger partial charge is 0.493 e. The predicted molar refractivity (Wildman–Crippen MR) is 106 cm³/mol. The SMILES string of the molecule is CCN(Cc1cccc(C)c1)Cc1nc2cc(OC)c(OC)cc2c(=O)[nH]1. The number of benzene rings is 2. The lowest BCUT2D eigenvalue weighted by Gasteiger charge is -2.20. The molecule has 0 atom stereocenters. The standard InChI is InChI=1S/C21H25N3O3/c1-5-24(12-15-8-6-7-14(2)9-15)13-20-22-17-11-19(27-4)18(26-3)10-16(17)21(25)23-20/h6-11H,5,12-13H2,1-4H3,(H,22,23,25). The summed E-state index contributed by atoms with van der Waals surface area (Å²) in [5.74, 6) is 1.70. The van der Waals surface area contributed by atoms with Crippen LogP contribution in [0.3, 0.4) is 0 Å². The van der Waals surface area contributed by atoms with E-state index in [0.29, 0.717) is 34.8 Å². The minimum atomic E-state index is -0.178. The quantitative estimate of drug-likeness (QED) is 0.694. The number of rotatable bonds is 7. The molecule has 2 aromatic carbocycles. The number of nitrogens with zero attached hydrogens (tertiary/aromatic N) is 2. The van der Waals surface area contributed by atoms with Crippen LogP contribution in [-0.4, -0.2) is 35.6 Å². The van der Waals surface area contributed by atoms with Crippen LogP contribution in [0.25, 0.3) is 10.9 Å². The molecule has 6 nitrogen and oxygen atoms in total. The summed E-state index contributed by atoms with van der Waals surface area (Å²) in [5.41, 5.74) is 2.90. The Bertz CT molecular complexity index is 998. The van der Waals surface area contributed by atoms with Gasteiger partial charge in [-0.3, -0.25) is 9.69 Å². The Kier molecular flexibility index (Phi) is 5.76. The van der Waals surface area contributed by atoms with Gasteiger partial charge in [0, 0.05) is 12.6 Å². The molecular formula is C21H25N3O3. The predicted octanol–water partition coefficient (Wildman–Crippen LogP) is 3.27. The van der Waals surface area contributed by atoms with Gasteiger partial charge >= 0.3 is 0 Å². The normalized spacial score (nSPS) is 11.1. The number of hydrogen-bond acceptors (Lipinski definition) is 5. The van der Waals surface area contributed by atoms with Crippen molar-refractivity contribution in [3.05, 3.63) is 63.7 Å². The number of aryl methyl sites for hydroxylation is 1. The van der Waals surface area contributed by atoms with E-state index in [1.54, 1.807) is 26.4 Å². The molecule has 0 fully saturated rings. The Morgan fingerprint density at radius 3 is 2.48 bits per heavy atom. The molecule has 3 aromatic rings. The van der Waals surface area contributed by atoms with Crippen LogP contribution in [-0.2, 0) is 13.1 Å². The lowest BCUT2D eigenvalue weighted by molar-refractivity contribution is 0.264. The van der Waals surface area contributed by atoms with Gasteiger partial charge in [-0.15, -0.1) is 0 Å². The summed E-state index contributed by atoms with van der Waals surface area (Å²) in [5, 5.41) is 0.484. The number of aromatic amines is 1. The molecule has 0 saturated heterocycles. The maximum atomic E-state index is 12.5. The van der Waals surface area contributed by atoms with E-state index < -0.39 is 0 Å². The van der Waals surface area contributed by atoms with Crippen molar-refractivity contribution in [1.82, 2.24) is 14.9 Å². The third kappa shape index (κ3) is 4.28. The summed E-state index contributed by atoms with van der Waals surface area (Å²) >= 11 is 0. The first-order valence-corrected chi connectivity index (χ1v) is 8.97. The zero-order chi connectivity index (χ0) is 19.4. The molecule has 0 radical (unpaired) electrons. The van der Waals surface area contributed by atoms with Gasteiger partial charge in [-0.05, 0) is 25.1 Å². The van der Waals surface area contributed by atoms with Gasteiger partial charge in [0.05, 0.1) is 31.7 Å². The molecule has 1 aromatic heterocycles. The monoisotopic (exact) mass is 367 g/mol. The molecule has 6 heteroatoms. The molecule has 0 aliphatic rings. The fraction of sp³-hybridized carbons (Fsp3) is 0.333. The van der Waals surface area contributed by atoms with Gasteiger partial charge in [0.2, 0.25) is 0 Å². The lowest BCUT2D eigenvalue weighted by atomic mass is 10.1. The topological polar surface area (TPSA) is 67.5 Å². The van der Waals surface area contributed by atoms with Crippen molar-refractivity contribution in [1.29, 1.82) is 0 Å². The van der Waals surface area contributed by atoms with Crippen LogP contribution in [0.1, 0.15) is 23.9 Å². The second-order valence-corrected chi connectivity index (χ2v) is 6.53. The van der Waals surface area contributed by atoms with E-state index >= 15 is 0 Å². The van der Waals surface area contributed by atoms with E-state index in [1.807, 2.05) is 0 Å². The number of hydrogen-bond donors (Lipinski definition) is 1. The van der Waals surface area contributed by atoms with Crippen LogP contribution < -0.4 is 15.0 Å². The second-order valence-electron chi connectivity index (χ2n) is 6.53. The maximum absolute atomic E-state index is 12.5. The average Bonchev–Trinajstić information content (AvgIpc) is 2.66. The van der Waals surface area contributed by atoms with Crippen LogP contribution in [0.5, 0.6) is 11.5 Å². The van der Waals surface area contributed by atoms with Gasteiger partial charge in [-0.2, -0.15) is 0 Å². The van der Waals surface area contributed by atoms with Crippen molar-refractivity contribution >= 4 is 10.9 Å². The van der Waals surface area contributed by atoms with Crippen molar-refractivity contribution in [2.45, 2.75) is 26.9 Å². The van der Waals surface area contributed by atoms with Crippen LogP contribution in [0.2, 0.25) is 0 Å². The molecule has 1 heterocycles. The number of nitrogens with one attached hydrogen (secondary N) is 1. The average molecular weight is 367 g/mol. The van der Waals surface area contributed by atoms with E-state index in [2.05, 4.69) is 53.0 Å². The first kappa shape index (κ1) is 18.9. The minimum absolute atomic E-state index is 0.178. The third-order valence-corrected chi connectivity index (χ3v) is 4.57. The van der Waals surface area contributed by atoms with Crippen molar-refractivity contribution in [2.24, 2.45) is 0 Å². The molecule has 0 bridgehead atoms. The van der Waals surface area contributed by atoms with E-state index in [1.165, 1.54) is 11.1 Å². The zero-order valence-electron chi connectivity index (χ0n) is 16.2. The first-order valence-electron chi connectivity index (χ1n) is 8.97. The number of ether oxygens (including phenoxy) is 2. The Morgan fingerprint density at radius 1 is 1.07 bits per heavy atom. The molecule has 0 unspecified atom stereocenters. The molecule has 0 aliphatic carbocycles. The van der Waals surface area contributed by atoms with E-state index in [-0.39, 0.29) is 5.56 Å². The van der Waals surface area contributed by atoms with Gasteiger partial charge in [-0.25, -0.2) is 4.98 Å². The highest BCUT2D eigenvalue weighted by atomic mass is 16.5. The molecule has 0 saturated carbocycles. The Morgan fingerprint density at radius 2 is 1.81 bits per heavy atom.